The van der Waals surface area contributed by atoms with E-state index >= 15 is 0 Å². The van der Waals surface area contributed by atoms with Crippen molar-refractivity contribution in [2.24, 2.45) is 0 Å². The zero-order valence-corrected chi connectivity index (χ0v) is 11.1. The molecule has 1 aliphatic heterocycles. The number of benzene rings is 1. The van der Waals surface area contributed by atoms with Crippen molar-refractivity contribution in [3.05, 3.63) is 17.7 Å². The summed E-state index contributed by atoms with van der Waals surface area (Å²) in [5.74, 6) is -0.623. The van der Waals surface area contributed by atoms with Crippen molar-refractivity contribution < 1.29 is 23.0 Å². The van der Waals surface area contributed by atoms with E-state index in [2.05, 4.69) is 9.47 Å². The van der Waals surface area contributed by atoms with Gasteiger partial charge in [0.2, 0.25) is 5.91 Å². The van der Waals surface area contributed by atoms with Crippen LogP contribution in [0.3, 0.4) is 0 Å². The standard InChI is InChI=1S/C12H12ClF2NO3/c1-3-16(11(17)6-13)8-5-10-9(4-7(8)2)18-12(14,15)19-10/h4-5H,3,6H2,1-2H3. The largest absolute Gasteiger partial charge is 0.586 e. The van der Waals surface area contributed by atoms with E-state index in [0.29, 0.717) is 17.8 Å². The van der Waals surface area contributed by atoms with Gasteiger partial charge in [-0.15, -0.1) is 20.4 Å². The molecule has 1 aromatic carbocycles. The first-order valence-corrected chi connectivity index (χ1v) is 6.18. The third-order valence-electron chi connectivity index (χ3n) is 2.74. The molecule has 7 heteroatoms. The van der Waals surface area contributed by atoms with Crippen molar-refractivity contribution in [1.82, 2.24) is 0 Å². The highest BCUT2D eigenvalue weighted by molar-refractivity contribution is 6.29. The molecule has 0 saturated heterocycles. The quantitative estimate of drug-likeness (QED) is 0.804. The minimum absolute atomic E-state index is 0.0411. The molecule has 2 rings (SSSR count). The Morgan fingerprint density at radius 3 is 2.47 bits per heavy atom. The maximum absolute atomic E-state index is 13.0. The Balaban J connectivity index is 2.41. The summed E-state index contributed by atoms with van der Waals surface area (Å²) >= 11 is 5.52. The lowest BCUT2D eigenvalue weighted by atomic mass is 10.1. The summed E-state index contributed by atoms with van der Waals surface area (Å²) in [7, 11) is 0. The molecule has 0 N–H and O–H groups in total. The molecular formula is C12H12ClF2NO3. The highest BCUT2D eigenvalue weighted by Gasteiger charge is 2.44. The Hall–Kier alpha value is -1.56. The van der Waals surface area contributed by atoms with Crippen LogP contribution in [-0.2, 0) is 4.79 Å². The van der Waals surface area contributed by atoms with Crippen LogP contribution in [0.15, 0.2) is 12.1 Å². The van der Waals surface area contributed by atoms with E-state index < -0.39 is 6.29 Å². The summed E-state index contributed by atoms with van der Waals surface area (Å²) < 4.78 is 34.6. The molecule has 1 aromatic rings. The second-order valence-corrected chi connectivity index (χ2v) is 4.29. The average Bonchev–Trinajstić information content (AvgIpc) is 2.63. The summed E-state index contributed by atoms with van der Waals surface area (Å²) in [6.07, 6.45) is -3.67. The number of rotatable bonds is 3. The zero-order valence-electron chi connectivity index (χ0n) is 10.4. The summed E-state index contributed by atoms with van der Waals surface area (Å²) in [5.41, 5.74) is 1.11. The van der Waals surface area contributed by atoms with Gasteiger partial charge in [-0.3, -0.25) is 4.79 Å². The number of ether oxygens (including phenoxy) is 2. The molecule has 1 heterocycles. The smallest absolute Gasteiger partial charge is 0.395 e. The van der Waals surface area contributed by atoms with Crippen LogP contribution in [0.4, 0.5) is 14.5 Å². The molecule has 0 aromatic heterocycles. The molecule has 4 nitrogen and oxygen atoms in total. The number of hydrogen-bond acceptors (Lipinski definition) is 3. The number of nitrogens with zero attached hydrogens (tertiary/aromatic N) is 1. The van der Waals surface area contributed by atoms with Crippen LogP contribution in [-0.4, -0.2) is 24.6 Å². The second-order valence-electron chi connectivity index (χ2n) is 4.02. The van der Waals surface area contributed by atoms with Crippen molar-refractivity contribution in [2.75, 3.05) is 17.3 Å². The Morgan fingerprint density at radius 2 is 1.95 bits per heavy atom. The summed E-state index contributed by atoms with van der Waals surface area (Å²) in [6, 6.07) is 2.77. The van der Waals surface area contributed by atoms with Gasteiger partial charge in [-0.25, -0.2) is 0 Å². The van der Waals surface area contributed by atoms with Crippen LogP contribution in [0.1, 0.15) is 12.5 Å². The van der Waals surface area contributed by atoms with E-state index in [9.17, 15) is 13.6 Å². The number of alkyl halides is 3. The van der Waals surface area contributed by atoms with Gasteiger partial charge in [0, 0.05) is 12.6 Å². The summed E-state index contributed by atoms with van der Waals surface area (Å²) in [4.78, 5) is 13.1. The van der Waals surface area contributed by atoms with Gasteiger partial charge < -0.3 is 14.4 Å². The van der Waals surface area contributed by atoms with Gasteiger partial charge in [-0.1, -0.05) is 0 Å². The third kappa shape index (κ3) is 2.58. The monoisotopic (exact) mass is 291 g/mol. The van der Waals surface area contributed by atoms with Crippen LogP contribution < -0.4 is 14.4 Å². The van der Waals surface area contributed by atoms with E-state index in [-0.39, 0.29) is 23.3 Å². The number of aryl methyl sites for hydroxylation is 1. The Bertz CT molecular complexity index is 522. The molecule has 0 fully saturated rings. The number of anilines is 1. The number of carbonyl (C=O) groups excluding carboxylic acids is 1. The minimum atomic E-state index is -3.67. The van der Waals surface area contributed by atoms with Crippen molar-refractivity contribution in [3.8, 4) is 11.5 Å². The van der Waals surface area contributed by atoms with Crippen LogP contribution in [0.5, 0.6) is 11.5 Å². The molecule has 1 aliphatic rings. The highest BCUT2D eigenvalue weighted by Crippen LogP contribution is 2.44. The van der Waals surface area contributed by atoms with Crippen LogP contribution in [0, 0.1) is 6.92 Å². The fourth-order valence-corrected chi connectivity index (χ4v) is 2.08. The molecule has 0 spiro atoms. The third-order valence-corrected chi connectivity index (χ3v) is 2.97. The summed E-state index contributed by atoms with van der Waals surface area (Å²) in [6.45, 7) is 3.84. The first-order valence-electron chi connectivity index (χ1n) is 5.64. The lowest BCUT2D eigenvalue weighted by molar-refractivity contribution is -0.286. The van der Waals surface area contributed by atoms with E-state index in [4.69, 9.17) is 11.6 Å². The molecule has 104 valence electrons. The van der Waals surface area contributed by atoms with Gasteiger partial charge in [0.05, 0.1) is 5.69 Å². The minimum Gasteiger partial charge on any atom is -0.395 e. The lowest BCUT2D eigenvalue weighted by Gasteiger charge is -2.22. The Kier molecular flexibility index (Phi) is 3.54. The first kappa shape index (κ1) is 13.9. The number of amides is 1. The molecule has 0 radical (unpaired) electrons. The Morgan fingerprint density at radius 1 is 1.37 bits per heavy atom. The Labute approximate surface area is 113 Å². The van der Waals surface area contributed by atoms with Gasteiger partial charge in [0.25, 0.3) is 0 Å². The maximum Gasteiger partial charge on any atom is 0.586 e. The van der Waals surface area contributed by atoms with Crippen molar-refractivity contribution in [2.45, 2.75) is 20.1 Å². The van der Waals surface area contributed by atoms with Crippen LogP contribution in [0.2, 0.25) is 0 Å². The predicted octanol–water partition coefficient (Wildman–Crippen LogP) is 2.91. The molecule has 0 aliphatic carbocycles. The zero-order chi connectivity index (χ0) is 14.2. The maximum atomic E-state index is 13.0. The van der Waals surface area contributed by atoms with E-state index in [1.54, 1.807) is 13.8 Å². The molecule has 0 bridgehead atoms. The highest BCUT2D eigenvalue weighted by atomic mass is 35.5. The van der Waals surface area contributed by atoms with Gasteiger partial charge in [-0.05, 0) is 25.5 Å². The topological polar surface area (TPSA) is 38.8 Å². The molecule has 0 unspecified atom stereocenters. The molecule has 0 saturated carbocycles. The predicted molar refractivity (Wildman–Crippen MR) is 66.1 cm³/mol. The summed E-state index contributed by atoms with van der Waals surface area (Å²) in [5, 5.41) is 0. The van der Waals surface area contributed by atoms with Gasteiger partial charge in [0.15, 0.2) is 11.5 Å². The molecule has 0 atom stereocenters. The van der Waals surface area contributed by atoms with E-state index in [1.165, 1.54) is 17.0 Å². The normalized spacial score (nSPS) is 15.4. The lowest BCUT2D eigenvalue weighted by Crippen LogP contribution is -2.32. The fourth-order valence-electron chi connectivity index (χ4n) is 1.93. The SMILES string of the molecule is CCN(C(=O)CCl)c1cc2c(cc1C)OC(F)(F)O2. The van der Waals surface area contributed by atoms with Gasteiger partial charge >= 0.3 is 6.29 Å². The van der Waals surface area contributed by atoms with Crippen molar-refractivity contribution in [1.29, 1.82) is 0 Å². The van der Waals surface area contributed by atoms with Crippen LogP contribution in [0.25, 0.3) is 0 Å². The van der Waals surface area contributed by atoms with E-state index in [1.807, 2.05) is 0 Å². The number of hydrogen-bond donors (Lipinski definition) is 0. The number of carbonyl (C=O) groups is 1. The molecule has 1 amide bonds. The average molecular weight is 292 g/mol. The van der Waals surface area contributed by atoms with E-state index in [0.717, 1.165) is 0 Å². The van der Waals surface area contributed by atoms with Gasteiger partial charge in [0.1, 0.15) is 5.88 Å². The van der Waals surface area contributed by atoms with Gasteiger partial charge in [-0.2, -0.15) is 0 Å². The number of halogens is 3. The molecular weight excluding hydrogens is 280 g/mol. The van der Waals surface area contributed by atoms with Crippen molar-refractivity contribution >= 4 is 23.2 Å². The number of fused-ring (bicyclic) bond motifs is 1. The van der Waals surface area contributed by atoms with Crippen molar-refractivity contribution in [3.63, 3.8) is 0 Å². The second kappa shape index (κ2) is 4.85. The molecule has 19 heavy (non-hydrogen) atoms. The first-order chi connectivity index (χ1) is 8.88. The fraction of sp³-hybridized carbons (Fsp3) is 0.417. The van der Waals surface area contributed by atoms with Crippen LogP contribution >= 0.6 is 11.6 Å².